The summed E-state index contributed by atoms with van der Waals surface area (Å²) < 4.78 is 4.87. The highest BCUT2D eigenvalue weighted by Gasteiger charge is 2.55. The van der Waals surface area contributed by atoms with Crippen LogP contribution in [0, 0.1) is 28.6 Å². The van der Waals surface area contributed by atoms with Gasteiger partial charge in [0, 0.05) is 11.8 Å². The fourth-order valence-corrected chi connectivity index (χ4v) is 5.66. The minimum Gasteiger partial charge on any atom is -0.469 e. The van der Waals surface area contributed by atoms with E-state index in [-0.39, 0.29) is 16.8 Å². The summed E-state index contributed by atoms with van der Waals surface area (Å²) in [6.45, 7) is 4.46. The second-order valence-corrected chi connectivity index (χ2v) is 8.25. The highest BCUT2D eigenvalue weighted by molar-refractivity contribution is 5.87. The molecule has 3 aliphatic rings. The smallest absolute Gasteiger partial charge is 0.306 e. The van der Waals surface area contributed by atoms with Crippen molar-refractivity contribution in [1.29, 1.82) is 0 Å². The SMILES string of the molecule is COC(=O)C[C@@]1(C)CC[C@@H]2[C@H](CC[C@]3(C)C(=O)CC[C@@H]23)C1. The fourth-order valence-electron chi connectivity index (χ4n) is 5.66. The number of hydrogen-bond donors (Lipinski definition) is 0. The molecule has 3 rings (SSSR count). The molecule has 3 saturated carbocycles. The van der Waals surface area contributed by atoms with Gasteiger partial charge in [-0.05, 0) is 61.7 Å². The molecule has 0 aromatic heterocycles. The molecular formula is C18H28O3. The third-order valence-corrected chi connectivity index (χ3v) is 6.93. The molecule has 21 heavy (non-hydrogen) atoms. The van der Waals surface area contributed by atoms with Gasteiger partial charge in [-0.3, -0.25) is 9.59 Å². The maximum atomic E-state index is 12.3. The molecule has 0 bridgehead atoms. The lowest BCUT2D eigenvalue weighted by Crippen LogP contribution is -2.46. The second-order valence-electron chi connectivity index (χ2n) is 8.25. The summed E-state index contributed by atoms with van der Waals surface area (Å²) >= 11 is 0. The van der Waals surface area contributed by atoms with Crippen LogP contribution >= 0.6 is 0 Å². The molecule has 0 aromatic carbocycles. The molecule has 3 nitrogen and oxygen atoms in total. The number of rotatable bonds is 2. The Morgan fingerprint density at radius 2 is 2.00 bits per heavy atom. The number of ketones is 1. The number of Topliss-reactive ketones (excluding diaryl/α,β-unsaturated/α-hetero) is 1. The quantitative estimate of drug-likeness (QED) is 0.728. The van der Waals surface area contributed by atoms with Gasteiger partial charge in [-0.1, -0.05) is 13.8 Å². The largest absolute Gasteiger partial charge is 0.469 e. The van der Waals surface area contributed by atoms with E-state index >= 15 is 0 Å². The minimum absolute atomic E-state index is 0.0305. The topological polar surface area (TPSA) is 43.4 Å². The van der Waals surface area contributed by atoms with Crippen LogP contribution in [0.3, 0.4) is 0 Å². The molecule has 118 valence electrons. The predicted octanol–water partition coefficient (Wildman–Crippen LogP) is 3.75. The summed E-state index contributed by atoms with van der Waals surface area (Å²) in [5, 5.41) is 0. The van der Waals surface area contributed by atoms with Gasteiger partial charge in [0.05, 0.1) is 13.5 Å². The van der Waals surface area contributed by atoms with Crippen LogP contribution in [0.1, 0.15) is 65.2 Å². The van der Waals surface area contributed by atoms with Crippen LogP contribution in [-0.2, 0) is 14.3 Å². The van der Waals surface area contributed by atoms with Crippen molar-refractivity contribution in [2.45, 2.75) is 65.2 Å². The second kappa shape index (κ2) is 5.10. The van der Waals surface area contributed by atoms with E-state index in [1.165, 1.54) is 20.0 Å². The molecule has 0 heterocycles. The van der Waals surface area contributed by atoms with Gasteiger partial charge in [0.15, 0.2) is 0 Å². The zero-order valence-corrected chi connectivity index (χ0v) is 13.6. The van der Waals surface area contributed by atoms with Crippen molar-refractivity contribution in [3.8, 4) is 0 Å². The van der Waals surface area contributed by atoms with Gasteiger partial charge in [-0.2, -0.15) is 0 Å². The molecule has 3 fully saturated rings. The van der Waals surface area contributed by atoms with Gasteiger partial charge in [0.2, 0.25) is 0 Å². The summed E-state index contributed by atoms with van der Waals surface area (Å²) in [5.41, 5.74) is 0.0713. The Kier molecular flexibility index (Phi) is 3.66. The molecule has 0 radical (unpaired) electrons. The number of fused-ring (bicyclic) bond motifs is 3. The number of carbonyl (C=O) groups is 2. The Hall–Kier alpha value is -0.860. The van der Waals surface area contributed by atoms with Crippen molar-refractivity contribution in [2.24, 2.45) is 28.6 Å². The molecule has 0 spiro atoms. The minimum atomic E-state index is -0.0763. The summed E-state index contributed by atoms with van der Waals surface area (Å²) in [4.78, 5) is 23.9. The van der Waals surface area contributed by atoms with Crippen LogP contribution in [-0.4, -0.2) is 18.9 Å². The van der Waals surface area contributed by atoms with E-state index in [0.717, 1.165) is 32.1 Å². The van der Waals surface area contributed by atoms with Crippen LogP contribution in [0.4, 0.5) is 0 Å². The van der Waals surface area contributed by atoms with Crippen LogP contribution in [0.2, 0.25) is 0 Å². The Morgan fingerprint density at radius 3 is 2.71 bits per heavy atom. The van der Waals surface area contributed by atoms with Gasteiger partial charge in [0.1, 0.15) is 5.78 Å². The highest BCUT2D eigenvalue weighted by Crippen LogP contribution is 2.60. The Labute approximate surface area is 127 Å². The first-order chi connectivity index (χ1) is 9.88. The summed E-state index contributed by atoms with van der Waals surface area (Å²) in [5.74, 6) is 2.45. The van der Waals surface area contributed by atoms with Crippen molar-refractivity contribution in [3.63, 3.8) is 0 Å². The third-order valence-electron chi connectivity index (χ3n) is 6.93. The lowest BCUT2D eigenvalue weighted by atomic mass is 9.52. The average molecular weight is 292 g/mol. The third kappa shape index (κ3) is 2.43. The molecular weight excluding hydrogens is 264 g/mol. The summed E-state index contributed by atoms with van der Waals surface area (Å²) in [7, 11) is 1.48. The van der Waals surface area contributed by atoms with Crippen LogP contribution < -0.4 is 0 Å². The maximum absolute atomic E-state index is 12.3. The normalized spacial score (nSPS) is 45.9. The zero-order chi connectivity index (χ0) is 15.3. The number of carbonyl (C=O) groups excluding carboxylic acids is 2. The standard InChI is InChI=1S/C18H28O3/c1-17(11-16(20)21-3)8-7-13-12(10-17)6-9-18(2)14(13)4-5-15(18)19/h12-14H,4-11H2,1-3H3/t12-,13-,14+,17+,18+/m1/s1. The van der Waals surface area contributed by atoms with Crippen LogP contribution in [0.25, 0.3) is 0 Å². The molecule has 3 aliphatic carbocycles. The number of methoxy groups -OCH3 is 1. The van der Waals surface area contributed by atoms with Crippen molar-refractivity contribution in [3.05, 3.63) is 0 Å². The number of hydrogen-bond acceptors (Lipinski definition) is 3. The summed E-state index contributed by atoms with van der Waals surface area (Å²) in [6.07, 6.45) is 8.09. The van der Waals surface area contributed by atoms with Gasteiger partial charge >= 0.3 is 5.97 Å². The molecule has 0 aromatic rings. The van der Waals surface area contributed by atoms with Gasteiger partial charge in [-0.25, -0.2) is 0 Å². The fraction of sp³-hybridized carbons (Fsp3) is 0.889. The molecule has 3 heteroatoms. The van der Waals surface area contributed by atoms with Crippen molar-refractivity contribution in [2.75, 3.05) is 7.11 Å². The first-order valence-electron chi connectivity index (χ1n) is 8.48. The Bertz CT molecular complexity index is 457. The Balaban J connectivity index is 1.73. The van der Waals surface area contributed by atoms with Crippen LogP contribution in [0.15, 0.2) is 0 Å². The van der Waals surface area contributed by atoms with E-state index in [1.807, 2.05) is 0 Å². The van der Waals surface area contributed by atoms with Crippen molar-refractivity contribution < 1.29 is 14.3 Å². The van der Waals surface area contributed by atoms with E-state index in [4.69, 9.17) is 4.74 Å². The number of esters is 1. The first-order valence-corrected chi connectivity index (χ1v) is 8.48. The van der Waals surface area contributed by atoms with Crippen molar-refractivity contribution in [1.82, 2.24) is 0 Å². The van der Waals surface area contributed by atoms with Gasteiger partial charge < -0.3 is 4.74 Å². The summed E-state index contributed by atoms with van der Waals surface area (Å²) in [6, 6.07) is 0. The molecule has 0 unspecified atom stereocenters. The first kappa shape index (κ1) is 15.1. The zero-order valence-electron chi connectivity index (χ0n) is 13.6. The monoisotopic (exact) mass is 292 g/mol. The van der Waals surface area contributed by atoms with Crippen molar-refractivity contribution >= 4 is 11.8 Å². The molecule has 0 N–H and O–H groups in total. The maximum Gasteiger partial charge on any atom is 0.306 e. The van der Waals surface area contributed by atoms with E-state index in [2.05, 4.69) is 13.8 Å². The lowest BCUT2D eigenvalue weighted by Gasteiger charge is -2.51. The molecule has 0 amide bonds. The Morgan fingerprint density at radius 1 is 1.24 bits per heavy atom. The molecule has 5 atom stereocenters. The average Bonchev–Trinajstić information content (AvgIpc) is 2.74. The van der Waals surface area contributed by atoms with E-state index in [1.54, 1.807) is 0 Å². The molecule has 0 saturated heterocycles. The van der Waals surface area contributed by atoms with E-state index in [0.29, 0.717) is 30.0 Å². The van der Waals surface area contributed by atoms with E-state index in [9.17, 15) is 9.59 Å². The highest BCUT2D eigenvalue weighted by atomic mass is 16.5. The molecule has 0 aliphatic heterocycles. The van der Waals surface area contributed by atoms with Gasteiger partial charge in [0.25, 0.3) is 0 Å². The lowest BCUT2D eigenvalue weighted by molar-refractivity contribution is -0.145. The number of ether oxygens (including phenoxy) is 1. The predicted molar refractivity (Wildman–Crippen MR) is 80.6 cm³/mol. The van der Waals surface area contributed by atoms with Crippen LogP contribution in [0.5, 0.6) is 0 Å². The van der Waals surface area contributed by atoms with E-state index < -0.39 is 0 Å². The van der Waals surface area contributed by atoms with Gasteiger partial charge in [-0.15, -0.1) is 0 Å².